The summed E-state index contributed by atoms with van der Waals surface area (Å²) in [5.41, 5.74) is 2.44. The fraction of sp³-hybridized carbons (Fsp3) is 0.278. The topological polar surface area (TPSA) is 58.6 Å². The summed E-state index contributed by atoms with van der Waals surface area (Å²) in [6, 6.07) is 11.2. The zero-order chi connectivity index (χ0) is 15.7. The molecule has 2 aromatic carbocycles. The molecule has 1 heterocycles. The van der Waals surface area contributed by atoms with Gasteiger partial charge in [0.2, 0.25) is 0 Å². The number of carboxylic acid groups (broad SMARTS) is 1. The number of carboxylic acids is 1. The van der Waals surface area contributed by atoms with Gasteiger partial charge in [-0.2, -0.15) is 0 Å². The van der Waals surface area contributed by atoms with E-state index in [1.165, 1.54) is 0 Å². The molecule has 0 fully saturated rings. The van der Waals surface area contributed by atoms with E-state index in [2.05, 4.69) is 0 Å². The van der Waals surface area contributed by atoms with Crippen molar-refractivity contribution in [3.8, 4) is 11.5 Å². The van der Waals surface area contributed by atoms with Gasteiger partial charge in [-0.1, -0.05) is 24.3 Å². The molecule has 1 aliphatic heterocycles. The van der Waals surface area contributed by atoms with Crippen molar-refractivity contribution in [1.82, 2.24) is 0 Å². The van der Waals surface area contributed by atoms with Crippen LogP contribution in [0.5, 0.6) is 11.5 Å². The first kappa shape index (κ1) is 18.6. The molecule has 5 heteroatoms. The fourth-order valence-corrected chi connectivity index (χ4v) is 2.90. The Morgan fingerprint density at radius 1 is 1.26 bits per heavy atom. The van der Waals surface area contributed by atoms with Crippen molar-refractivity contribution in [3.63, 3.8) is 0 Å². The van der Waals surface area contributed by atoms with Crippen LogP contribution in [0.1, 0.15) is 47.0 Å². The molecule has 0 N–H and O–H groups in total. The molecular formula is C18H17KO4. The summed E-state index contributed by atoms with van der Waals surface area (Å²) in [6.45, 7) is 4.24. The predicted octanol–water partition coefficient (Wildman–Crippen LogP) is -0.152. The second kappa shape index (κ2) is 7.92. The molecule has 4 nitrogen and oxygen atoms in total. The Kier molecular flexibility index (Phi) is 6.42. The van der Waals surface area contributed by atoms with E-state index in [9.17, 15) is 9.90 Å². The van der Waals surface area contributed by atoms with Crippen LogP contribution in [0.2, 0.25) is 0 Å². The van der Waals surface area contributed by atoms with Crippen molar-refractivity contribution in [2.24, 2.45) is 0 Å². The molecule has 0 aliphatic carbocycles. The molecule has 0 amide bonds. The van der Waals surface area contributed by atoms with Crippen LogP contribution in [0.4, 0.5) is 0 Å². The largest absolute Gasteiger partial charge is 1.00 e. The monoisotopic (exact) mass is 336 g/mol. The number of aromatic carboxylic acids is 1. The van der Waals surface area contributed by atoms with Crippen LogP contribution in [0.3, 0.4) is 0 Å². The zero-order valence-electron chi connectivity index (χ0n) is 13.6. The van der Waals surface area contributed by atoms with Crippen LogP contribution in [-0.4, -0.2) is 12.6 Å². The molecule has 0 aromatic heterocycles. The summed E-state index contributed by atoms with van der Waals surface area (Å²) in [7, 11) is 0. The van der Waals surface area contributed by atoms with Gasteiger partial charge in [0.05, 0.1) is 12.1 Å². The van der Waals surface area contributed by atoms with E-state index in [-0.39, 0.29) is 63.1 Å². The van der Waals surface area contributed by atoms with E-state index < -0.39 is 5.97 Å². The number of ether oxygens (including phenoxy) is 2. The summed E-state index contributed by atoms with van der Waals surface area (Å²) < 4.78 is 11.4. The molecule has 0 spiro atoms. The van der Waals surface area contributed by atoms with E-state index in [1.807, 2.05) is 44.2 Å². The third kappa shape index (κ3) is 3.70. The Hall–Kier alpha value is -0.694. The summed E-state index contributed by atoms with van der Waals surface area (Å²) in [4.78, 5) is 11.7. The van der Waals surface area contributed by atoms with Crippen LogP contribution in [0, 0.1) is 0 Å². The number of rotatable bonds is 4. The Bertz CT molecular complexity index is 727. The Morgan fingerprint density at radius 2 is 2.00 bits per heavy atom. The smallest absolute Gasteiger partial charge is 0.545 e. The van der Waals surface area contributed by atoms with Crippen LogP contribution in [0.15, 0.2) is 36.4 Å². The molecule has 1 aliphatic rings. The minimum atomic E-state index is -1.19. The average Bonchev–Trinajstić information content (AvgIpc) is 2.51. The number of fused-ring (bicyclic) bond motifs is 2. The van der Waals surface area contributed by atoms with Gasteiger partial charge in [0.1, 0.15) is 11.5 Å². The molecule has 1 unspecified atom stereocenters. The maximum Gasteiger partial charge on any atom is 1.00 e. The van der Waals surface area contributed by atoms with Crippen LogP contribution >= 0.6 is 0 Å². The number of carbonyl (C=O) groups excluding carboxylic acids is 1. The first-order chi connectivity index (χ1) is 10.6. The molecule has 114 valence electrons. The number of hydrogen-bond donors (Lipinski definition) is 0. The van der Waals surface area contributed by atoms with Gasteiger partial charge in [-0.25, -0.2) is 0 Å². The van der Waals surface area contributed by atoms with Crippen molar-refractivity contribution < 1.29 is 70.8 Å². The molecule has 1 atom stereocenters. The molecule has 2 aromatic rings. The maximum absolute atomic E-state index is 11.7. The number of hydrogen-bond acceptors (Lipinski definition) is 4. The SMILES string of the molecule is CCOC(C)c1ccc2c(c1C(=O)[O-])Cc1ccccc1O2.[K+]. The standard InChI is InChI=1S/C18H18O4.K/c1-3-21-11(2)13-8-9-16-14(17(13)18(19)20)10-12-6-4-5-7-15(12)22-16;/h4-9,11H,3,10H2,1-2H3,(H,19,20);/q;+1/p-1. The van der Waals surface area contributed by atoms with E-state index in [0.29, 0.717) is 29.9 Å². The van der Waals surface area contributed by atoms with Crippen molar-refractivity contribution >= 4 is 5.97 Å². The maximum atomic E-state index is 11.7. The van der Waals surface area contributed by atoms with Crippen molar-refractivity contribution in [1.29, 1.82) is 0 Å². The van der Waals surface area contributed by atoms with Crippen molar-refractivity contribution in [2.45, 2.75) is 26.4 Å². The average molecular weight is 336 g/mol. The first-order valence-electron chi connectivity index (χ1n) is 7.36. The van der Waals surface area contributed by atoms with E-state index in [0.717, 1.165) is 11.3 Å². The third-order valence-electron chi connectivity index (χ3n) is 3.92. The second-order valence-corrected chi connectivity index (χ2v) is 5.28. The first-order valence-corrected chi connectivity index (χ1v) is 7.36. The van der Waals surface area contributed by atoms with Crippen molar-refractivity contribution in [2.75, 3.05) is 6.61 Å². The van der Waals surface area contributed by atoms with Gasteiger partial charge in [-0.05, 0) is 37.1 Å². The van der Waals surface area contributed by atoms with E-state index >= 15 is 0 Å². The van der Waals surface area contributed by atoms with Crippen LogP contribution < -0.4 is 61.2 Å². The Morgan fingerprint density at radius 3 is 2.70 bits per heavy atom. The fourth-order valence-electron chi connectivity index (χ4n) is 2.90. The molecule has 0 radical (unpaired) electrons. The summed E-state index contributed by atoms with van der Waals surface area (Å²) in [6.07, 6.45) is 0.210. The molecule has 0 saturated carbocycles. The molecule has 0 bridgehead atoms. The summed E-state index contributed by atoms with van der Waals surface area (Å²) in [5, 5.41) is 11.7. The van der Waals surface area contributed by atoms with Gasteiger partial charge >= 0.3 is 51.4 Å². The van der Waals surface area contributed by atoms with Gasteiger partial charge in [-0.15, -0.1) is 0 Å². The molecule has 3 rings (SSSR count). The van der Waals surface area contributed by atoms with Crippen LogP contribution in [0.25, 0.3) is 0 Å². The van der Waals surface area contributed by atoms with Gasteiger partial charge in [0, 0.05) is 24.2 Å². The van der Waals surface area contributed by atoms with Gasteiger partial charge in [0.25, 0.3) is 0 Å². The Labute approximate surface area is 178 Å². The predicted molar refractivity (Wildman–Crippen MR) is 80.1 cm³/mol. The number of carbonyl (C=O) groups is 1. The van der Waals surface area contributed by atoms with Gasteiger partial charge in [0.15, 0.2) is 0 Å². The summed E-state index contributed by atoms with van der Waals surface area (Å²) >= 11 is 0. The molecule has 23 heavy (non-hydrogen) atoms. The molecular weight excluding hydrogens is 319 g/mol. The minimum Gasteiger partial charge on any atom is -0.545 e. The van der Waals surface area contributed by atoms with Gasteiger partial charge in [-0.3, -0.25) is 0 Å². The molecule has 0 saturated heterocycles. The third-order valence-corrected chi connectivity index (χ3v) is 3.92. The number of para-hydroxylation sites is 1. The number of benzene rings is 2. The van der Waals surface area contributed by atoms with E-state index in [4.69, 9.17) is 9.47 Å². The second-order valence-electron chi connectivity index (χ2n) is 5.28. The zero-order valence-corrected chi connectivity index (χ0v) is 16.7. The minimum absolute atomic E-state index is 0. The quantitative estimate of drug-likeness (QED) is 0.622. The van der Waals surface area contributed by atoms with Crippen LogP contribution in [-0.2, 0) is 11.2 Å². The normalized spacial score (nSPS) is 13.1. The van der Waals surface area contributed by atoms with E-state index in [1.54, 1.807) is 6.07 Å². The van der Waals surface area contributed by atoms with Crippen molar-refractivity contribution in [3.05, 3.63) is 58.7 Å². The summed E-state index contributed by atoms with van der Waals surface area (Å²) in [5.74, 6) is 0.150. The Balaban J connectivity index is 0.00000192. The van der Waals surface area contributed by atoms with Gasteiger partial charge < -0.3 is 19.4 Å².